The van der Waals surface area contributed by atoms with Crippen LogP contribution in [0, 0.1) is 0 Å². The van der Waals surface area contributed by atoms with Gasteiger partial charge in [-0.05, 0) is 23.3 Å². The van der Waals surface area contributed by atoms with Gasteiger partial charge in [0.15, 0.2) is 9.84 Å². The number of hydrogen-bond acceptors (Lipinski definition) is 2. The number of benzene rings is 1. The van der Waals surface area contributed by atoms with Gasteiger partial charge in [0.25, 0.3) is 0 Å². The van der Waals surface area contributed by atoms with Crippen molar-refractivity contribution in [2.45, 2.75) is 94.3 Å². The maximum atomic E-state index is 13.8. The topological polar surface area (TPSA) is 34.1 Å². The molecule has 0 fully saturated rings. The fraction of sp³-hybridized carbons (Fsp3) is 0.700. The maximum absolute atomic E-state index is 13.8. The Bertz CT molecular complexity index is 807. The lowest BCUT2D eigenvalue weighted by molar-refractivity contribution is 0.585. The first-order valence-corrected chi connectivity index (χ1v) is 31.1. The second-order valence-electron chi connectivity index (χ2n) is 12.6. The largest absolute Gasteiger partial charge is 0.223 e. The molecule has 1 aliphatic rings. The molecule has 8 heteroatoms. The Balaban J connectivity index is 2.73. The molecule has 0 spiro atoms. The van der Waals surface area contributed by atoms with E-state index in [0.717, 1.165) is 17.3 Å². The molecular weight excluding hydrogens is 445 g/mol. The summed E-state index contributed by atoms with van der Waals surface area (Å²) in [7, 11) is -9.42. The van der Waals surface area contributed by atoms with Gasteiger partial charge in [0, 0.05) is 29.4 Å². The van der Waals surface area contributed by atoms with Crippen LogP contribution >= 0.6 is 0 Å². The van der Waals surface area contributed by atoms with E-state index in [-0.39, 0.29) is 5.25 Å². The van der Waals surface area contributed by atoms with Gasteiger partial charge in [-0.15, -0.1) is 0 Å². The summed E-state index contributed by atoms with van der Waals surface area (Å²) in [5.41, 5.74) is 0. The summed E-state index contributed by atoms with van der Waals surface area (Å²) in [6.45, 7) is 26.2. The molecule has 0 bridgehead atoms. The molecule has 0 saturated carbocycles. The minimum Gasteiger partial charge on any atom is -0.223 e. The summed E-state index contributed by atoms with van der Waals surface area (Å²) in [5, 5.41) is 1.02. The van der Waals surface area contributed by atoms with Gasteiger partial charge < -0.3 is 0 Å². The lowest BCUT2D eigenvalue weighted by Gasteiger charge is -2.59. The highest BCUT2D eigenvalue weighted by Crippen LogP contribution is 2.45. The molecule has 0 saturated heterocycles. The first kappa shape index (κ1) is 24.5. The van der Waals surface area contributed by atoms with Crippen molar-refractivity contribution in [1.29, 1.82) is 0 Å². The minimum absolute atomic E-state index is 0.138. The summed E-state index contributed by atoms with van der Waals surface area (Å²) in [4.78, 5) is 0.674. The van der Waals surface area contributed by atoms with Gasteiger partial charge in [-0.25, -0.2) is 8.42 Å². The van der Waals surface area contributed by atoms with Crippen LogP contribution in [0.4, 0.5) is 0 Å². The molecule has 1 unspecified atom stereocenters. The third-order valence-electron chi connectivity index (χ3n) is 7.47. The Morgan fingerprint density at radius 3 is 1.71 bits per heavy atom. The van der Waals surface area contributed by atoms with E-state index in [1.165, 1.54) is 0 Å². The zero-order valence-corrected chi connectivity index (χ0v) is 25.8. The predicted octanol–water partition coefficient (Wildman–Crippen LogP) is 5.46. The van der Waals surface area contributed by atoms with Crippen molar-refractivity contribution in [2.75, 3.05) is 0 Å². The van der Waals surface area contributed by atoms with Gasteiger partial charge in [0.2, 0.25) is 0 Å². The van der Waals surface area contributed by atoms with Gasteiger partial charge in [-0.1, -0.05) is 90.2 Å². The molecule has 2 rings (SSSR count). The Morgan fingerprint density at radius 2 is 1.29 bits per heavy atom. The third kappa shape index (κ3) is 3.81. The van der Waals surface area contributed by atoms with E-state index >= 15 is 0 Å². The highest BCUT2D eigenvalue weighted by molar-refractivity contribution is 7.94. The van der Waals surface area contributed by atoms with Crippen molar-refractivity contribution in [3.05, 3.63) is 24.3 Å². The fourth-order valence-corrected chi connectivity index (χ4v) is 116. The number of hydrogen-bond donors (Lipinski definition) is 0. The second kappa shape index (κ2) is 7.15. The molecule has 0 aromatic heterocycles. The third-order valence-corrected chi connectivity index (χ3v) is 88.0. The van der Waals surface area contributed by atoms with Crippen molar-refractivity contribution < 1.29 is 8.42 Å². The van der Waals surface area contributed by atoms with Crippen LogP contribution in [0.5, 0.6) is 0 Å². The first-order valence-electron chi connectivity index (χ1n) is 10.6. The lowest BCUT2D eigenvalue weighted by Crippen LogP contribution is -2.83. The molecule has 0 radical (unpaired) electrons. The Kier molecular flexibility index (Phi) is 6.26. The molecule has 0 amide bonds. The summed E-state index contributed by atoms with van der Waals surface area (Å²) >= 11 is 0. The number of rotatable bonds is 5. The zero-order chi connectivity index (χ0) is 22.0. The SMILES string of the molecule is C[Si]1(C)CC(C[Si]([Si](C)(C)C)([Si](C)(C)C)[Si](C)(C)C)S(=O)(=O)c2ccccc21. The highest BCUT2D eigenvalue weighted by Gasteiger charge is 2.63. The molecule has 1 atom stereocenters. The fourth-order valence-electron chi connectivity index (χ4n) is 7.06. The molecule has 0 N–H and O–H groups in total. The van der Waals surface area contributed by atoms with Crippen LogP contribution in [0.25, 0.3) is 0 Å². The van der Waals surface area contributed by atoms with E-state index in [9.17, 15) is 8.42 Å². The van der Waals surface area contributed by atoms with E-state index in [4.69, 9.17) is 0 Å². The van der Waals surface area contributed by atoms with Crippen molar-refractivity contribution >= 4 is 52.5 Å². The standard InChI is InChI=1S/C20H42O2SSi5/c1-24(2,3)28(25(4,5)6,26(7,8)9)17-18-16-27(10,11)20-15-13-12-14-19(20)23(18,21)22/h12-15,18H,16-17H2,1-11H3. The molecule has 1 aromatic rings. The highest BCUT2D eigenvalue weighted by atomic mass is 32.2. The molecule has 1 heterocycles. The van der Waals surface area contributed by atoms with Gasteiger partial charge in [0.05, 0.1) is 18.2 Å². The molecule has 0 aliphatic carbocycles. The van der Waals surface area contributed by atoms with Crippen LogP contribution in [0.1, 0.15) is 0 Å². The van der Waals surface area contributed by atoms with Crippen molar-refractivity contribution in [1.82, 2.24) is 0 Å². The summed E-state index contributed by atoms with van der Waals surface area (Å²) in [6.07, 6.45) is 0. The van der Waals surface area contributed by atoms with E-state index in [1.54, 1.807) is 0 Å². The quantitative estimate of drug-likeness (QED) is 0.518. The molecule has 1 aliphatic heterocycles. The van der Waals surface area contributed by atoms with Crippen LogP contribution in [-0.2, 0) is 9.84 Å². The molecular formula is C20H42O2SSi5. The van der Waals surface area contributed by atoms with Crippen molar-refractivity contribution in [3.63, 3.8) is 0 Å². The maximum Gasteiger partial charge on any atom is 0.180 e. The molecule has 28 heavy (non-hydrogen) atoms. The second-order valence-corrected chi connectivity index (χ2v) is 60.9. The van der Waals surface area contributed by atoms with Crippen LogP contribution in [-0.4, -0.2) is 51.1 Å². The van der Waals surface area contributed by atoms with E-state index in [2.05, 4.69) is 78.1 Å². The first-order chi connectivity index (χ1) is 12.3. The van der Waals surface area contributed by atoms with Crippen LogP contribution in [0.3, 0.4) is 0 Å². The normalized spacial score (nSPS) is 22.6. The molecule has 160 valence electrons. The number of fused-ring (bicyclic) bond motifs is 1. The molecule has 2 nitrogen and oxygen atoms in total. The monoisotopic (exact) mass is 486 g/mol. The zero-order valence-electron chi connectivity index (χ0n) is 20.0. The van der Waals surface area contributed by atoms with E-state index < -0.39 is 47.3 Å². The Hall–Kier alpha value is 0.254. The Labute approximate surface area is 178 Å². The summed E-state index contributed by atoms with van der Waals surface area (Å²) < 4.78 is 27.7. The molecule has 1 aromatic carbocycles. The van der Waals surface area contributed by atoms with Crippen LogP contribution in [0.2, 0.25) is 84.1 Å². The lowest BCUT2D eigenvalue weighted by atomic mass is 10.4. The Morgan fingerprint density at radius 1 is 0.857 bits per heavy atom. The van der Waals surface area contributed by atoms with E-state index in [0.29, 0.717) is 4.90 Å². The minimum atomic E-state index is -3.23. The predicted molar refractivity (Wildman–Crippen MR) is 140 cm³/mol. The average molecular weight is 487 g/mol. The van der Waals surface area contributed by atoms with Gasteiger partial charge in [0.1, 0.15) is 0 Å². The summed E-state index contributed by atoms with van der Waals surface area (Å²) in [6, 6.07) is 9.89. The number of sulfone groups is 1. The van der Waals surface area contributed by atoms with Crippen molar-refractivity contribution in [2.24, 2.45) is 0 Å². The van der Waals surface area contributed by atoms with Gasteiger partial charge >= 0.3 is 0 Å². The van der Waals surface area contributed by atoms with Crippen LogP contribution in [0.15, 0.2) is 29.2 Å². The van der Waals surface area contributed by atoms with Crippen LogP contribution < -0.4 is 5.19 Å². The van der Waals surface area contributed by atoms with Gasteiger partial charge in [-0.3, -0.25) is 0 Å². The van der Waals surface area contributed by atoms with Crippen molar-refractivity contribution in [3.8, 4) is 0 Å². The van der Waals surface area contributed by atoms with E-state index in [1.807, 2.05) is 18.2 Å². The average Bonchev–Trinajstić information content (AvgIpc) is 2.46. The van der Waals surface area contributed by atoms with Gasteiger partial charge in [-0.2, -0.15) is 0 Å². The smallest absolute Gasteiger partial charge is 0.180 e. The summed E-state index contributed by atoms with van der Waals surface area (Å²) in [5.74, 6) is 0.